The van der Waals surface area contributed by atoms with Crippen LogP contribution in [0.25, 0.3) is 0 Å². The normalized spacial score (nSPS) is 14.3. The van der Waals surface area contributed by atoms with Crippen molar-refractivity contribution in [1.82, 2.24) is 14.9 Å². The Hall–Kier alpha value is -1.95. The molecule has 92 valence electrons. The van der Waals surface area contributed by atoms with Gasteiger partial charge in [-0.1, -0.05) is 0 Å². The minimum absolute atomic E-state index is 0.0839. The van der Waals surface area contributed by atoms with Crippen LogP contribution in [0.1, 0.15) is 20.9 Å². The summed E-state index contributed by atoms with van der Waals surface area (Å²) < 4.78 is 0. The SMILES string of the molecule is Nc1cnc(C(=O)N2CCc3sccc3C2)cn1. The first-order valence-corrected chi connectivity index (χ1v) is 6.54. The Labute approximate surface area is 108 Å². The molecule has 0 fully saturated rings. The lowest BCUT2D eigenvalue weighted by molar-refractivity contribution is 0.0729. The average molecular weight is 260 g/mol. The van der Waals surface area contributed by atoms with Gasteiger partial charge in [0.2, 0.25) is 0 Å². The van der Waals surface area contributed by atoms with Crippen LogP contribution in [0, 0.1) is 0 Å². The summed E-state index contributed by atoms with van der Waals surface area (Å²) in [5, 5.41) is 2.07. The fraction of sp³-hybridized carbons (Fsp3) is 0.250. The number of nitrogens with two attached hydrogens (primary N) is 1. The van der Waals surface area contributed by atoms with E-state index in [1.165, 1.54) is 22.8 Å². The fourth-order valence-corrected chi connectivity index (χ4v) is 2.92. The summed E-state index contributed by atoms with van der Waals surface area (Å²) in [7, 11) is 0. The van der Waals surface area contributed by atoms with E-state index in [0.29, 0.717) is 18.1 Å². The van der Waals surface area contributed by atoms with Crippen LogP contribution in [0.2, 0.25) is 0 Å². The highest BCUT2D eigenvalue weighted by Crippen LogP contribution is 2.24. The molecule has 0 saturated carbocycles. The first kappa shape index (κ1) is 11.2. The fourth-order valence-electron chi connectivity index (χ4n) is 2.03. The molecule has 3 heterocycles. The second-order valence-corrected chi connectivity index (χ2v) is 5.17. The zero-order chi connectivity index (χ0) is 12.5. The van der Waals surface area contributed by atoms with Crippen molar-refractivity contribution in [2.75, 3.05) is 12.3 Å². The van der Waals surface area contributed by atoms with Gasteiger partial charge in [0.25, 0.3) is 5.91 Å². The van der Waals surface area contributed by atoms with Crippen LogP contribution >= 0.6 is 11.3 Å². The van der Waals surface area contributed by atoms with Crippen molar-refractivity contribution in [2.45, 2.75) is 13.0 Å². The van der Waals surface area contributed by atoms with Gasteiger partial charge in [-0.05, 0) is 23.4 Å². The molecule has 0 radical (unpaired) electrons. The third-order valence-corrected chi connectivity index (χ3v) is 4.01. The summed E-state index contributed by atoms with van der Waals surface area (Å²) in [6, 6.07) is 2.08. The van der Waals surface area contributed by atoms with Gasteiger partial charge in [-0.25, -0.2) is 9.97 Å². The standard InChI is InChI=1S/C12H12N4OS/c13-11-6-14-9(5-15-11)12(17)16-3-1-10-8(7-16)2-4-18-10/h2,4-6H,1,3,7H2,(H2,13,15). The minimum atomic E-state index is -0.0839. The van der Waals surface area contributed by atoms with Crippen LogP contribution in [-0.2, 0) is 13.0 Å². The molecule has 6 heteroatoms. The molecule has 0 unspecified atom stereocenters. The Balaban J connectivity index is 1.80. The van der Waals surface area contributed by atoms with E-state index in [1.807, 2.05) is 0 Å². The number of amides is 1. The average Bonchev–Trinajstić information content (AvgIpc) is 2.86. The zero-order valence-corrected chi connectivity index (χ0v) is 10.5. The molecule has 1 aliphatic heterocycles. The maximum absolute atomic E-state index is 12.2. The highest BCUT2D eigenvalue weighted by atomic mass is 32.1. The van der Waals surface area contributed by atoms with Crippen LogP contribution < -0.4 is 5.73 Å². The maximum Gasteiger partial charge on any atom is 0.274 e. The molecule has 1 aliphatic rings. The van der Waals surface area contributed by atoms with Crippen LogP contribution in [-0.4, -0.2) is 27.3 Å². The Bertz CT molecular complexity index is 578. The van der Waals surface area contributed by atoms with E-state index in [-0.39, 0.29) is 5.91 Å². The minimum Gasteiger partial charge on any atom is -0.382 e. The van der Waals surface area contributed by atoms with Gasteiger partial charge in [-0.2, -0.15) is 0 Å². The van der Waals surface area contributed by atoms with Crippen LogP contribution in [0.5, 0.6) is 0 Å². The Morgan fingerprint density at radius 2 is 2.28 bits per heavy atom. The van der Waals surface area contributed by atoms with Crippen molar-refractivity contribution in [2.24, 2.45) is 0 Å². The van der Waals surface area contributed by atoms with Crippen molar-refractivity contribution in [3.8, 4) is 0 Å². The largest absolute Gasteiger partial charge is 0.382 e. The van der Waals surface area contributed by atoms with Gasteiger partial charge >= 0.3 is 0 Å². The number of nitrogens with zero attached hydrogens (tertiary/aromatic N) is 3. The molecule has 0 bridgehead atoms. The van der Waals surface area contributed by atoms with Crippen molar-refractivity contribution in [1.29, 1.82) is 0 Å². The first-order chi connectivity index (χ1) is 8.74. The van der Waals surface area contributed by atoms with E-state index in [2.05, 4.69) is 21.4 Å². The molecule has 0 atom stereocenters. The van der Waals surface area contributed by atoms with Crippen LogP contribution in [0.15, 0.2) is 23.8 Å². The molecule has 3 rings (SSSR count). The molecule has 1 amide bonds. The number of hydrogen-bond donors (Lipinski definition) is 1. The number of fused-ring (bicyclic) bond motifs is 1. The third kappa shape index (κ3) is 1.95. The van der Waals surface area contributed by atoms with Crippen molar-refractivity contribution in [3.63, 3.8) is 0 Å². The van der Waals surface area contributed by atoms with Gasteiger partial charge in [0.05, 0.1) is 12.4 Å². The smallest absolute Gasteiger partial charge is 0.274 e. The Kier molecular flexibility index (Phi) is 2.71. The van der Waals surface area contributed by atoms with Crippen molar-refractivity contribution < 1.29 is 4.79 Å². The van der Waals surface area contributed by atoms with Gasteiger partial charge < -0.3 is 10.6 Å². The van der Waals surface area contributed by atoms with Crippen molar-refractivity contribution >= 4 is 23.1 Å². The molecule has 0 spiro atoms. The van der Waals surface area contributed by atoms with Crippen LogP contribution in [0.3, 0.4) is 0 Å². The number of rotatable bonds is 1. The molecule has 2 aromatic heterocycles. The lowest BCUT2D eigenvalue weighted by Crippen LogP contribution is -2.35. The van der Waals surface area contributed by atoms with E-state index in [4.69, 9.17) is 5.73 Å². The highest BCUT2D eigenvalue weighted by Gasteiger charge is 2.23. The van der Waals surface area contributed by atoms with E-state index >= 15 is 0 Å². The third-order valence-electron chi connectivity index (χ3n) is 2.99. The van der Waals surface area contributed by atoms with E-state index in [1.54, 1.807) is 16.2 Å². The van der Waals surface area contributed by atoms with Gasteiger partial charge in [-0.15, -0.1) is 11.3 Å². The summed E-state index contributed by atoms with van der Waals surface area (Å²) >= 11 is 1.75. The number of thiophene rings is 1. The second-order valence-electron chi connectivity index (χ2n) is 4.17. The lowest BCUT2D eigenvalue weighted by atomic mass is 10.1. The molecule has 18 heavy (non-hydrogen) atoms. The van der Waals surface area contributed by atoms with Gasteiger partial charge in [0.15, 0.2) is 0 Å². The molecule has 5 nitrogen and oxygen atoms in total. The Morgan fingerprint density at radius 3 is 3.06 bits per heavy atom. The van der Waals surface area contributed by atoms with Crippen LogP contribution in [0.4, 0.5) is 5.82 Å². The molecule has 2 N–H and O–H groups in total. The summed E-state index contributed by atoms with van der Waals surface area (Å²) in [6.45, 7) is 1.39. The lowest BCUT2D eigenvalue weighted by Gasteiger charge is -2.26. The van der Waals surface area contributed by atoms with Gasteiger partial charge in [-0.3, -0.25) is 4.79 Å². The number of hydrogen-bond acceptors (Lipinski definition) is 5. The number of nitrogen functional groups attached to an aromatic ring is 1. The highest BCUT2D eigenvalue weighted by molar-refractivity contribution is 7.10. The summed E-state index contributed by atoms with van der Waals surface area (Å²) in [6.07, 6.45) is 3.76. The summed E-state index contributed by atoms with van der Waals surface area (Å²) in [5.41, 5.74) is 7.05. The second kappa shape index (κ2) is 4.38. The number of carbonyl (C=O) groups is 1. The predicted octanol–water partition coefficient (Wildman–Crippen LogP) is 1.32. The predicted molar refractivity (Wildman–Crippen MR) is 69.2 cm³/mol. The molecule has 0 aliphatic carbocycles. The molecule has 0 saturated heterocycles. The van der Waals surface area contributed by atoms with Gasteiger partial charge in [0.1, 0.15) is 11.5 Å². The Morgan fingerprint density at radius 1 is 1.39 bits per heavy atom. The molecular weight excluding hydrogens is 248 g/mol. The summed E-state index contributed by atoms with van der Waals surface area (Å²) in [4.78, 5) is 23.3. The number of carbonyl (C=O) groups excluding carboxylic acids is 1. The first-order valence-electron chi connectivity index (χ1n) is 5.66. The molecule has 2 aromatic rings. The van der Waals surface area contributed by atoms with Crippen molar-refractivity contribution in [3.05, 3.63) is 40.0 Å². The van der Waals surface area contributed by atoms with E-state index in [0.717, 1.165) is 13.0 Å². The maximum atomic E-state index is 12.2. The van der Waals surface area contributed by atoms with E-state index < -0.39 is 0 Å². The topological polar surface area (TPSA) is 72.1 Å². The number of anilines is 1. The monoisotopic (exact) mass is 260 g/mol. The number of aromatic nitrogens is 2. The summed E-state index contributed by atoms with van der Waals surface area (Å²) in [5.74, 6) is 0.240. The van der Waals surface area contributed by atoms with Gasteiger partial charge in [0, 0.05) is 18.0 Å². The molecular formula is C12H12N4OS. The molecule has 0 aromatic carbocycles. The van der Waals surface area contributed by atoms with E-state index in [9.17, 15) is 4.79 Å². The zero-order valence-electron chi connectivity index (χ0n) is 9.67. The quantitative estimate of drug-likeness (QED) is 0.839.